The SMILES string of the molecule is COc1ccc(-n2c(SCc3nnc(NC(=O)c4ccc(Br)cc4)s3)nc3ccc(Cl)cc3c2=O)cc1. The third-order valence-corrected chi connectivity index (χ3v) is 7.98. The monoisotopic (exact) mass is 613 g/mol. The molecule has 0 spiro atoms. The van der Waals surface area contributed by atoms with Crippen LogP contribution in [0.3, 0.4) is 0 Å². The molecule has 0 aliphatic carbocycles. The minimum absolute atomic E-state index is 0.236. The number of benzene rings is 3. The topological polar surface area (TPSA) is 99.0 Å². The quantitative estimate of drug-likeness (QED) is 0.172. The first kappa shape index (κ1) is 25.4. The average Bonchev–Trinajstić information content (AvgIpc) is 3.35. The molecule has 5 rings (SSSR count). The van der Waals surface area contributed by atoms with Crippen molar-refractivity contribution in [3.8, 4) is 11.4 Å². The van der Waals surface area contributed by atoms with Crippen molar-refractivity contribution in [1.29, 1.82) is 0 Å². The lowest BCUT2D eigenvalue weighted by atomic mass is 10.2. The molecule has 0 radical (unpaired) electrons. The van der Waals surface area contributed by atoms with Gasteiger partial charge in [0.1, 0.15) is 10.8 Å². The van der Waals surface area contributed by atoms with Crippen molar-refractivity contribution in [2.45, 2.75) is 10.9 Å². The van der Waals surface area contributed by atoms with Crippen LogP contribution < -0.4 is 15.6 Å². The molecule has 12 heteroatoms. The zero-order valence-corrected chi connectivity index (χ0v) is 23.1. The van der Waals surface area contributed by atoms with Gasteiger partial charge in [-0.1, -0.05) is 50.6 Å². The Labute approximate surface area is 232 Å². The molecule has 5 aromatic rings. The number of ether oxygens (including phenoxy) is 1. The number of halogens is 2. The van der Waals surface area contributed by atoms with Gasteiger partial charge in [0.05, 0.1) is 29.5 Å². The fraction of sp³-hybridized carbons (Fsp3) is 0.0800. The Hall–Kier alpha value is -3.25. The number of carbonyl (C=O) groups excluding carboxylic acids is 1. The Bertz CT molecular complexity index is 1660. The number of amides is 1. The Balaban J connectivity index is 1.41. The molecule has 8 nitrogen and oxygen atoms in total. The first-order valence-corrected chi connectivity index (χ1v) is 13.8. The highest BCUT2D eigenvalue weighted by Crippen LogP contribution is 2.28. The zero-order chi connectivity index (χ0) is 25.9. The summed E-state index contributed by atoms with van der Waals surface area (Å²) in [5, 5.41) is 13.5. The molecular weight excluding hydrogens is 598 g/mol. The maximum absolute atomic E-state index is 13.5. The molecule has 0 aliphatic heterocycles. The van der Waals surface area contributed by atoms with Crippen molar-refractivity contribution in [2.24, 2.45) is 0 Å². The van der Waals surface area contributed by atoms with E-state index in [1.807, 2.05) is 0 Å². The number of carbonyl (C=O) groups is 1. The predicted octanol–water partition coefficient (Wildman–Crippen LogP) is 6.21. The fourth-order valence-electron chi connectivity index (χ4n) is 3.45. The minimum atomic E-state index is -0.272. The van der Waals surface area contributed by atoms with Crippen molar-refractivity contribution < 1.29 is 9.53 Å². The lowest BCUT2D eigenvalue weighted by molar-refractivity contribution is 0.102. The molecule has 3 aromatic carbocycles. The molecule has 0 fully saturated rings. The van der Waals surface area contributed by atoms with Crippen LogP contribution in [-0.2, 0) is 5.75 Å². The number of methoxy groups -OCH3 is 1. The fourth-order valence-corrected chi connectivity index (χ4v) is 5.62. The van der Waals surface area contributed by atoms with Crippen molar-refractivity contribution >= 4 is 72.6 Å². The molecule has 2 heterocycles. The van der Waals surface area contributed by atoms with Gasteiger partial charge in [0, 0.05) is 15.1 Å². The Morgan fingerprint density at radius 1 is 1.11 bits per heavy atom. The first-order valence-electron chi connectivity index (χ1n) is 10.8. The first-order chi connectivity index (χ1) is 17.9. The van der Waals surface area contributed by atoms with E-state index in [0.29, 0.717) is 54.0 Å². The second-order valence-corrected chi connectivity index (χ2v) is 11.0. The highest BCUT2D eigenvalue weighted by molar-refractivity contribution is 9.10. The van der Waals surface area contributed by atoms with Crippen molar-refractivity contribution in [3.05, 3.63) is 97.2 Å². The van der Waals surface area contributed by atoms with E-state index in [-0.39, 0.29) is 11.5 Å². The molecule has 1 amide bonds. The van der Waals surface area contributed by atoms with Crippen LogP contribution >= 0.6 is 50.6 Å². The molecule has 2 aromatic heterocycles. The van der Waals surface area contributed by atoms with Gasteiger partial charge in [0.2, 0.25) is 5.13 Å². The molecule has 0 saturated carbocycles. The second kappa shape index (κ2) is 11.0. The van der Waals surface area contributed by atoms with Gasteiger partial charge in [-0.05, 0) is 66.7 Å². The van der Waals surface area contributed by atoms with Gasteiger partial charge in [0.25, 0.3) is 11.5 Å². The summed E-state index contributed by atoms with van der Waals surface area (Å²) >= 11 is 12.1. The zero-order valence-electron chi connectivity index (χ0n) is 19.1. The summed E-state index contributed by atoms with van der Waals surface area (Å²) in [6.07, 6.45) is 0. The van der Waals surface area contributed by atoms with E-state index in [4.69, 9.17) is 21.3 Å². The van der Waals surface area contributed by atoms with Crippen LogP contribution in [0, 0.1) is 0 Å². The van der Waals surface area contributed by atoms with Crippen LogP contribution in [0.15, 0.2) is 81.2 Å². The molecule has 0 unspecified atom stereocenters. The smallest absolute Gasteiger partial charge is 0.266 e. The number of hydrogen-bond acceptors (Lipinski definition) is 8. The molecule has 0 atom stereocenters. The minimum Gasteiger partial charge on any atom is -0.497 e. The summed E-state index contributed by atoms with van der Waals surface area (Å²) in [6.45, 7) is 0. The number of hydrogen-bond donors (Lipinski definition) is 1. The van der Waals surface area contributed by atoms with Crippen LogP contribution in [0.2, 0.25) is 5.02 Å². The number of thioether (sulfide) groups is 1. The highest BCUT2D eigenvalue weighted by atomic mass is 79.9. The number of fused-ring (bicyclic) bond motifs is 1. The molecule has 186 valence electrons. The average molecular weight is 615 g/mol. The van der Waals surface area contributed by atoms with Crippen LogP contribution in [0.4, 0.5) is 5.13 Å². The summed E-state index contributed by atoms with van der Waals surface area (Å²) in [7, 11) is 1.58. The second-order valence-electron chi connectivity index (χ2n) is 7.65. The van der Waals surface area contributed by atoms with Crippen LogP contribution in [0.25, 0.3) is 16.6 Å². The van der Waals surface area contributed by atoms with Crippen LogP contribution in [0.5, 0.6) is 5.75 Å². The van der Waals surface area contributed by atoms with Crippen molar-refractivity contribution in [2.75, 3.05) is 12.4 Å². The van der Waals surface area contributed by atoms with Gasteiger partial charge in [-0.15, -0.1) is 10.2 Å². The van der Waals surface area contributed by atoms with E-state index in [9.17, 15) is 9.59 Å². The van der Waals surface area contributed by atoms with E-state index in [1.165, 1.54) is 23.1 Å². The Kier molecular flexibility index (Phi) is 7.56. The highest BCUT2D eigenvalue weighted by Gasteiger charge is 2.16. The number of rotatable bonds is 7. The van der Waals surface area contributed by atoms with E-state index < -0.39 is 0 Å². The van der Waals surface area contributed by atoms with Gasteiger partial charge in [-0.2, -0.15) is 0 Å². The van der Waals surface area contributed by atoms with Gasteiger partial charge in [-0.25, -0.2) is 4.98 Å². The lowest BCUT2D eigenvalue weighted by Gasteiger charge is -2.13. The number of aromatic nitrogens is 4. The summed E-state index contributed by atoms with van der Waals surface area (Å²) in [6, 6.07) is 19.2. The molecular formula is C25H17BrClN5O3S2. The number of anilines is 1. The lowest BCUT2D eigenvalue weighted by Crippen LogP contribution is -2.21. The third kappa shape index (κ3) is 5.69. The standard InChI is InChI=1S/C25H17BrClN5O3S2/c1-35-18-9-7-17(8-10-18)32-23(34)19-12-16(27)6-11-20(19)28-25(32)36-13-21-30-31-24(37-21)29-22(33)14-2-4-15(26)5-3-14/h2-12H,13H2,1H3,(H,29,31,33). The van der Waals surface area contributed by atoms with Crippen LogP contribution in [0.1, 0.15) is 15.4 Å². The Morgan fingerprint density at radius 2 is 1.86 bits per heavy atom. The molecule has 0 aliphatic rings. The maximum atomic E-state index is 13.5. The van der Waals surface area contributed by atoms with Gasteiger partial charge in [-0.3, -0.25) is 19.5 Å². The third-order valence-electron chi connectivity index (χ3n) is 5.25. The van der Waals surface area contributed by atoms with Gasteiger partial charge < -0.3 is 4.74 Å². The normalized spacial score (nSPS) is 11.0. The summed E-state index contributed by atoms with van der Waals surface area (Å²) < 4.78 is 7.68. The summed E-state index contributed by atoms with van der Waals surface area (Å²) in [5.41, 5.74) is 1.46. The maximum Gasteiger partial charge on any atom is 0.266 e. The summed E-state index contributed by atoms with van der Waals surface area (Å²) in [4.78, 5) is 30.7. The summed E-state index contributed by atoms with van der Waals surface area (Å²) in [5.74, 6) is 0.800. The molecule has 1 N–H and O–H groups in total. The number of nitrogens with zero attached hydrogens (tertiary/aromatic N) is 4. The van der Waals surface area contributed by atoms with E-state index >= 15 is 0 Å². The number of nitrogens with one attached hydrogen (secondary N) is 1. The van der Waals surface area contributed by atoms with Crippen molar-refractivity contribution in [3.63, 3.8) is 0 Å². The van der Waals surface area contributed by atoms with E-state index in [2.05, 4.69) is 31.4 Å². The van der Waals surface area contributed by atoms with E-state index in [0.717, 1.165) is 4.47 Å². The molecule has 0 bridgehead atoms. The Morgan fingerprint density at radius 3 is 2.59 bits per heavy atom. The van der Waals surface area contributed by atoms with Crippen LogP contribution in [-0.4, -0.2) is 32.8 Å². The van der Waals surface area contributed by atoms with Gasteiger partial charge in [0.15, 0.2) is 5.16 Å². The molecule has 37 heavy (non-hydrogen) atoms. The molecule has 0 saturated heterocycles. The predicted molar refractivity (Wildman–Crippen MR) is 150 cm³/mol. The van der Waals surface area contributed by atoms with Crippen molar-refractivity contribution in [1.82, 2.24) is 19.7 Å². The largest absolute Gasteiger partial charge is 0.497 e. The van der Waals surface area contributed by atoms with Gasteiger partial charge >= 0.3 is 0 Å². The van der Waals surface area contributed by atoms with E-state index in [1.54, 1.807) is 78.4 Å².